The molecular formula is C19H18ClF3N6O2. The molecule has 1 saturated heterocycles. The van der Waals surface area contributed by atoms with E-state index in [0.29, 0.717) is 18.5 Å². The summed E-state index contributed by atoms with van der Waals surface area (Å²) < 4.78 is 45.1. The van der Waals surface area contributed by atoms with E-state index in [4.69, 9.17) is 4.74 Å². The van der Waals surface area contributed by atoms with E-state index >= 15 is 0 Å². The number of halogens is 4. The number of hydrogen-bond donors (Lipinski definition) is 2. The van der Waals surface area contributed by atoms with Crippen LogP contribution in [0.1, 0.15) is 27.8 Å². The first-order chi connectivity index (χ1) is 14.4. The summed E-state index contributed by atoms with van der Waals surface area (Å²) in [6.45, 7) is 2.19. The minimum Gasteiger partial charge on any atom is -0.371 e. The molecule has 1 aliphatic heterocycles. The van der Waals surface area contributed by atoms with Crippen LogP contribution in [0.5, 0.6) is 0 Å². The van der Waals surface area contributed by atoms with Gasteiger partial charge in [-0.3, -0.25) is 9.78 Å². The number of nitrogens with zero attached hydrogens (tertiary/aromatic N) is 4. The van der Waals surface area contributed by atoms with Crippen LogP contribution in [0.2, 0.25) is 0 Å². The van der Waals surface area contributed by atoms with E-state index in [9.17, 15) is 18.0 Å². The Bertz CT molecular complexity index is 1040. The van der Waals surface area contributed by atoms with E-state index in [2.05, 4.69) is 25.7 Å². The highest BCUT2D eigenvalue weighted by atomic mass is 35.5. The van der Waals surface area contributed by atoms with Gasteiger partial charge in [0.05, 0.1) is 25.1 Å². The Kier molecular flexibility index (Phi) is 6.88. The molecule has 0 saturated carbocycles. The molecule has 3 aromatic rings. The van der Waals surface area contributed by atoms with Crippen LogP contribution in [0.3, 0.4) is 0 Å². The van der Waals surface area contributed by atoms with Crippen LogP contribution in [0.15, 0.2) is 48.9 Å². The lowest BCUT2D eigenvalue weighted by Gasteiger charge is -2.24. The predicted octanol–water partition coefficient (Wildman–Crippen LogP) is 3.02. The highest BCUT2D eigenvalue weighted by molar-refractivity contribution is 6.02. The average Bonchev–Trinajstić information content (AvgIpc) is 3.25. The summed E-state index contributed by atoms with van der Waals surface area (Å²) in [5, 5.41) is 9.95. The van der Waals surface area contributed by atoms with Gasteiger partial charge in [-0.1, -0.05) is 12.1 Å². The van der Waals surface area contributed by atoms with Gasteiger partial charge < -0.3 is 15.4 Å². The molecule has 4 rings (SSSR count). The fraction of sp³-hybridized carbons (Fsp3) is 0.263. The van der Waals surface area contributed by atoms with E-state index in [1.165, 1.54) is 12.3 Å². The first kappa shape index (κ1) is 22.7. The summed E-state index contributed by atoms with van der Waals surface area (Å²) in [4.78, 5) is 19.5. The molecule has 0 bridgehead atoms. The van der Waals surface area contributed by atoms with Crippen molar-refractivity contribution in [3.8, 4) is 5.82 Å². The fourth-order valence-electron chi connectivity index (χ4n) is 2.93. The standard InChI is InChI=1S/C19H17F3N6O2.ClH/c20-19(21,22)16-10-24-11-17(26-16)28-7-5-14(27-28)18(29)25-13-3-1-12(2-4-13)15-9-23-6-8-30-15;/h1-5,7,10-11,15,23H,6,8-9H2,(H,25,29);1H/t15-;/m1./s1. The highest BCUT2D eigenvalue weighted by Crippen LogP contribution is 2.27. The molecule has 8 nitrogen and oxygen atoms in total. The van der Waals surface area contributed by atoms with Crippen LogP contribution in [0.25, 0.3) is 5.82 Å². The van der Waals surface area contributed by atoms with E-state index in [1.54, 1.807) is 12.1 Å². The van der Waals surface area contributed by atoms with E-state index < -0.39 is 17.8 Å². The second-order valence-corrected chi connectivity index (χ2v) is 6.55. The third-order valence-corrected chi connectivity index (χ3v) is 4.44. The van der Waals surface area contributed by atoms with E-state index in [1.807, 2.05) is 12.1 Å². The molecule has 2 aromatic heterocycles. The molecule has 1 aliphatic rings. The molecule has 31 heavy (non-hydrogen) atoms. The molecule has 1 amide bonds. The Morgan fingerprint density at radius 2 is 1.97 bits per heavy atom. The first-order valence-electron chi connectivity index (χ1n) is 9.09. The Hall–Kier alpha value is -3.02. The minimum atomic E-state index is -4.62. The molecular weight excluding hydrogens is 437 g/mol. The topological polar surface area (TPSA) is 94.0 Å². The van der Waals surface area contributed by atoms with Gasteiger partial charge in [-0.2, -0.15) is 18.3 Å². The smallest absolute Gasteiger partial charge is 0.371 e. The molecule has 0 unspecified atom stereocenters. The lowest BCUT2D eigenvalue weighted by Crippen LogP contribution is -2.33. The van der Waals surface area contributed by atoms with Gasteiger partial charge in [-0.15, -0.1) is 12.4 Å². The lowest BCUT2D eigenvalue weighted by atomic mass is 10.1. The normalized spacial score (nSPS) is 16.4. The van der Waals surface area contributed by atoms with Gasteiger partial charge in [-0.25, -0.2) is 9.67 Å². The van der Waals surface area contributed by atoms with Crippen molar-refractivity contribution in [2.45, 2.75) is 12.3 Å². The summed E-state index contributed by atoms with van der Waals surface area (Å²) in [6, 6.07) is 8.61. The van der Waals surface area contributed by atoms with Gasteiger partial charge in [0.1, 0.15) is 0 Å². The second-order valence-electron chi connectivity index (χ2n) is 6.55. The molecule has 0 radical (unpaired) electrons. The number of amides is 1. The van der Waals surface area contributed by atoms with Crippen molar-refractivity contribution in [3.05, 3.63) is 65.9 Å². The number of carbonyl (C=O) groups is 1. The van der Waals surface area contributed by atoms with Crippen LogP contribution in [0, 0.1) is 0 Å². The molecule has 0 aliphatic carbocycles. The van der Waals surface area contributed by atoms with E-state index in [-0.39, 0.29) is 30.0 Å². The highest BCUT2D eigenvalue weighted by Gasteiger charge is 2.33. The summed E-state index contributed by atoms with van der Waals surface area (Å²) in [7, 11) is 0. The van der Waals surface area contributed by atoms with Crippen molar-refractivity contribution < 1.29 is 22.7 Å². The van der Waals surface area contributed by atoms with Crippen LogP contribution in [-0.4, -0.2) is 45.4 Å². The van der Waals surface area contributed by atoms with Gasteiger partial charge >= 0.3 is 6.18 Å². The van der Waals surface area contributed by atoms with Crippen LogP contribution >= 0.6 is 12.4 Å². The predicted molar refractivity (Wildman–Crippen MR) is 107 cm³/mol. The quantitative estimate of drug-likeness (QED) is 0.629. The van der Waals surface area contributed by atoms with Crippen LogP contribution < -0.4 is 10.6 Å². The molecule has 2 N–H and O–H groups in total. The number of anilines is 1. The number of hydrogen-bond acceptors (Lipinski definition) is 6. The molecule has 1 atom stereocenters. The number of ether oxygens (including phenoxy) is 1. The van der Waals surface area contributed by atoms with Gasteiger partial charge in [0, 0.05) is 25.0 Å². The van der Waals surface area contributed by atoms with Crippen LogP contribution in [-0.2, 0) is 10.9 Å². The number of rotatable bonds is 4. The first-order valence-corrected chi connectivity index (χ1v) is 9.09. The molecule has 0 spiro atoms. The van der Waals surface area contributed by atoms with Gasteiger partial charge in [0.2, 0.25) is 0 Å². The third-order valence-electron chi connectivity index (χ3n) is 4.44. The maximum Gasteiger partial charge on any atom is 0.434 e. The summed E-state index contributed by atoms with van der Waals surface area (Å²) in [6.07, 6.45) is -1.56. The van der Waals surface area contributed by atoms with Crippen molar-refractivity contribution in [2.24, 2.45) is 0 Å². The number of morpholine rings is 1. The number of nitrogens with one attached hydrogen (secondary N) is 2. The number of alkyl halides is 3. The van der Waals surface area contributed by atoms with Gasteiger partial charge in [0.15, 0.2) is 17.2 Å². The molecule has 164 valence electrons. The number of benzene rings is 1. The van der Waals surface area contributed by atoms with Gasteiger partial charge in [0.25, 0.3) is 5.91 Å². The zero-order valence-electron chi connectivity index (χ0n) is 16.0. The molecule has 3 heterocycles. The molecule has 12 heteroatoms. The molecule has 1 fully saturated rings. The lowest BCUT2D eigenvalue weighted by molar-refractivity contribution is -0.141. The van der Waals surface area contributed by atoms with Crippen molar-refractivity contribution in [1.29, 1.82) is 0 Å². The maximum atomic E-state index is 12.8. The number of aromatic nitrogens is 4. The Labute approximate surface area is 181 Å². The SMILES string of the molecule is Cl.O=C(Nc1ccc([C@H]2CNCCO2)cc1)c1ccn(-c2cncc(C(F)(F)F)n2)n1. The summed E-state index contributed by atoms with van der Waals surface area (Å²) >= 11 is 0. The zero-order chi connectivity index (χ0) is 21.1. The largest absolute Gasteiger partial charge is 0.434 e. The summed E-state index contributed by atoms with van der Waals surface area (Å²) in [5.41, 5.74) is 0.436. The van der Waals surface area contributed by atoms with E-state index in [0.717, 1.165) is 29.5 Å². The van der Waals surface area contributed by atoms with Crippen LogP contribution in [0.4, 0.5) is 18.9 Å². The second kappa shape index (κ2) is 9.41. The Morgan fingerprint density at radius 3 is 2.65 bits per heavy atom. The third kappa shape index (κ3) is 5.37. The van der Waals surface area contributed by atoms with Gasteiger partial charge in [-0.05, 0) is 23.8 Å². The van der Waals surface area contributed by atoms with Crippen molar-refractivity contribution in [1.82, 2.24) is 25.1 Å². The van der Waals surface area contributed by atoms with Crippen molar-refractivity contribution in [2.75, 3.05) is 25.0 Å². The average molecular weight is 455 g/mol. The maximum absolute atomic E-state index is 12.8. The van der Waals surface area contributed by atoms with Crippen molar-refractivity contribution >= 4 is 24.0 Å². The Balaban J connectivity index is 0.00000272. The fourth-order valence-corrected chi connectivity index (χ4v) is 2.93. The monoisotopic (exact) mass is 454 g/mol. The molecule has 1 aromatic carbocycles. The number of carbonyl (C=O) groups excluding carboxylic acids is 1. The van der Waals surface area contributed by atoms with Crippen molar-refractivity contribution in [3.63, 3.8) is 0 Å². The minimum absolute atomic E-state index is 0. The zero-order valence-corrected chi connectivity index (χ0v) is 16.8. The summed E-state index contributed by atoms with van der Waals surface area (Å²) in [5.74, 6) is -0.647. The Morgan fingerprint density at radius 1 is 1.19 bits per heavy atom.